The number of hydrogen-bond donors (Lipinski definition) is 0. The highest BCUT2D eigenvalue weighted by molar-refractivity contribution is 7.86. The third-order valence-electron chi connectivity index (χ3n) is 3.72. The molecule has 0 amide bonds. The second kappa shape index (κ2) is 8.20. The van der Waals surface area contributed by atoms with Crippen LogP contribution in [0.5, 0.6) is 0 Å². The number of rotatable bonds is 7. The van der Waals surface area contributed by atoms with Crippen molar-refractivity contribution in [3.63, 3.8) is 0 Å². The van der Waals surface area contributed by atoms with Gasteiger partial charge in [-0.2, -0.15) is 8.42 Å². The van der Waals surface area contributed by atoms with Crippen LogP contribution < -0.4 is 0 Å². The summed E-state index contributed by atoms with van der Waals surface area (Å²) in [5.74, 6) is 0. The summed E-state index contributed by atoms with van der Waals surface area (Å²) in [5, 5.41) is 0. The van der Waals surface area contributed by atoms with Crippen LogP contribution in [-0.2, 0) is 30.1 Å². The highest BCUT2D eigenvalue weighted by Gasteiger charge is 2.28. The molecule has 0 spiro atoms. The Hall–Kier alpha value is -1.58. The molecule has 2 aromatic rings. The van der Waals surface area contributed by atoms with Crippen molar-refractivity contribution in [3.8, 4) is 0 Å². The minimum atomic E-state index is -4.05. The van der Waals surface area contributed by atoms with Crippen LogP contribution in [0.15, 0.2) is 58.3 Å². The van der Waals surface area contributed by atoms with Gasteiger partial charge in [0.15, 0.2) is 0 Å². The van der Waals surface area contributed by atoms with Crippen LogP contribution in [-0.4, -0.2) is 30.4 Å². The summed E-state index contributed by atoms with van der Waals surface area (Å²) >= 11 is -2.43. The first-order chi connectivity index (χ1) is 11.7. The van der Waals surface area contributed by atoms with E-state index in [-0.39, 0.29) is 9.79 Å². The number of benzene rings is 2. The lowest BCUT2D eigenvalue weighted by molar-refractivity contribution is 0.0159. The van der Waals surface area contributed by atoms with Crippen molar-refractivity contribution in [2.24, 2.45) is 0 Å². The van der Waals surface area contributed by atoms with E-state index >= 15 is 0 Å². The van der Waals surface area contributed by atoms with E-state index in [2.05, 4.69) is 0 Å². The number of hydrogen-bond acceptors (Lipinski definition) is 6. The lowest BCUT2D eigenvalue weighted by Gasteiger charge is -2.24. The summed E-state index contributed by atoms with van der Waals surface area (Å²) in [6, 6.07) is 12.2. The molecule has 0 aromatic heterocycles. The fourth-order valence-corrected chi connectivity index (χ4v) is 3.76. The molecule has 6 nitrogen and oxygen atoms in total. The van der Waals surface area contributed by atoms with Gasteiger partial charge in [-0.3, -0.25) is 8.39 Å². The highest BCUT2D eigenvalue weighted by Crippen LogP contribution is 2.29. The minimum Gasteiger partial charge on any atom is -0.768 e. The Morgan fingerprint density at radius 3 is 2.32 bits per heavy atom. The van der Waals surface area contributed by atoms with Crippen LogP contribution in [0.2, 0.25) is 0 Å². The maximum Gasteiger partial charge on any atom is 0.297 e. The lowest BCUT2D eigenvalue weighted by Crippen LogP contribution is -2.23. The molecule has 2 rings (SSSR count). The number of methoxy groups -OCH3 is 1. The summed E-state index contributed by atoms with van der Waals surface area (Å²) < 4.78 is 58.1. The number of ether oxygens (including phenoxy) is 1. The van der Waals surface area contributed by atoms with E-state index in [1.807, 2.05) is 6.92 Å². The van der Waals surface area contributed by atoms with Gasteiger partial charge >= 0.3 is 0 Å². The molecular formula is C17H19O6S2-. The molecule has 0 aliphatic heterocycles. The molecule has 2 aromatic carbocycles. The zero-order chi connectivity index (χ0) is 18.6. The first-order valence-electron chi connectivity index (χ1n) is 7.46. The van der Waals surface area contributed by atoms with Crippen LogP contribution in [0.25, 0.3) is 0 Å². The molecule has 25 heavy (non-hydrogen) atoms. The Balaban J connectivity index is 2.40. The van der Waals surface area contributed by atoms with Crippen molar-refractivity contribution >= 4 is 21.2 Å². The predicted molar refractivity (Wildman–Crippen MR) is 92.3 cm³/mol. The van der Waals surface area contributed by atoms with Crippen LogP contribution in [0, 0.1) is 6.92 Å². The van der Waals surface area contributed by atoms with Crippen LogP contribution in [0.4, 0.5) is 0 Å². The van der Waals surface area contributed by atoms with Gasteiger partial charge in [0.05, 0.1) is 11.0 Å². The summed E-state index contributed by atoms with van der Waals surface area (Å²) in [4.78, 5) is 0.0668. The second-order valence-corrected chi connectivity index (χ2v) is 8.04. The summed E-state index contributed by atoms with van der Waals surface area (Å²) in [6.45, 7) is 3.50. The zero-order valence-corrected chi connectivity index (χ0v) is 15.7. The van der Waals surface area contributed by atoms with E-state index in [4.69, 9.17) is 8.92 Å². The first-order valence-corrected chi connectivity index (χ1v) is 9.95. The largest absolute Gasteiger partial charge is 0.768 e. The van der Waals surface area contributed by atoms with Crippen molar-refractivity contribution in [1.82, 2.24) is 0 Å². The van der Waals surface area contributed by atoms with Gasteiger partial charge in [-0.25, -0.2) is 0 Å². The average molecular weight is 383 g/mol. The predicted octanol–water partition coefficient (Wildman–Crippen LogP) is 2.71. The third kappa shape index (κ3) is 4.96. The van der Waals surface area contributed by atoms with E-state index in [0.29, 0.717) is 5.56 Å². The van der Waals surface area contributed by atoms with Gasteiger partial charge in [0.25, 0.3) is 10.1 Å². The monoisotopic (exact) mass is 383 g/mol. The Labute approximate surface area is 150 Å². The topological polar surface area (TPSA) is 92.7 Å². The Kier molecular flexibility index (Phi) is 6.47. The molecule has 3 atom stereocenters. The van der Waals surface area contributed by atoms with Gasteiger partial charge in [-0.05, 0) is 54.8 Å². The van der Waals surface area contributed by atoms with Gasteiger partial charge in [0, 0.05) is 12.0 Å². The van der Waals surface area contributed by atoms with Crippen LogP contribution >= 0.6 is 0 Å². The Morgan fingerprint density at radius 1 is 1.12 bits per heavy atom. The summed E-state index contributed by atoms with van der Waals surface area (Å²) in [5.41, 5.74) is 1.32. The van der Waals surface area contributed by atoms with E-state index < -0.39 is 33.4 Å². The molecule has 0 N–H and O–H groups in total. The molecule has 0 aliphatic rings. The first kappa shape index (κ1) is 19.7. The molecule has 0 saturated carbocycles. The number of aryl methyl sites for hydroxylation is 1. The smallest absolute Gasteiger partial charge is 0.297 e. The van der Waals surface area contributed by atoms with Crippen molar-refractivity contribution in [1.29, 1.82) is 0 Å². The summed E-state index contributed by atoms with van der Waals surface area (Å²) in [7, 11) is -2.62. The van der Waals surface area contributed by atoms with Gasteiger partial charge < -0.3 is 9.29 Å². The van der Waals surface area contributed by atoms with E-state index in [1.54, 1.807) is 25.1 Å². The van der Waals surface area contributed by atoms with Crippen molar-refractivity contribution in [2.45, 2.75) is 35.8 Å². The molecule has 0 aliphatic carbocycles. The summed E-state index contributed by atoms with van der Waals surface area (Å²) in [6.07, 6.45) is -1.60. The minimum absolute atomic E-state index is 0.0231. The van der Waals surface area contributed by atoms with Gasteiger partial charge in [0.2, 0.25) is 0 Å². The molecule has 0 radical (unpaired) electrons. The van der Waals surface area contributed by atoms with Gasteiger partial charge in [-0.1, -0.05) is 29.8 Å². The Bertz CT molecular complexity index is 846. The van der Waals surface area contributed by atoms with Crippen molar-refractivity contribution in [2.75, 3.05) is 7.11 Å². The normalized spacial score (nSPS) is 15.5. The van der Waals surface area contributed by atoms with Crippen molar-refractivity contribution in [3.05, 3.63) is 59.7 Å². The lowest BCUT2D eigenvalue weighted by atomic mass is 10.1. The third-order valence-corrected chi connectivity index (χ3v) is 5.67. The molecule has 0 bridgehead atoms. The molecule has 0 fully saturated rings. The van der Waals surface area contributed by atoms with Gasteiger partial charge in [-0.15, -0.1) is 0 Å². The SMILES string of the molecule is COC(C)C(OS(=O)(=O)c1ccc(C)cc1)c1cccc(S(=O)[O-])c1. The molecule has 3 unspecified atom stereocenters. The highest BCUT2D eigenvalue weighted by atomic mass is 32.2. The molecule has 0 heterocycles. The second-order valence-electron chi connectivity index (χ2n) is 5.53. The maximum atomic E-state index is 12.6. The fraction of sp³-hybridized carbons (Fsp3) is 0.294. The fourth-order valence-electron chi connectivity index (χ4n) is 2.22. The Morgan fingerprint density at radius 2 is 1.76 bits per heavy atom. The average Bonchev–Trinajstić information content (AvgIpc) is 2.59. The van der Waals surface area contributed by atoms with E-state index in [0.717, 1.165) is 5.56 Å². The molecule has 136 valence electrons. The maximum absolute atomic E-state index is 12.6. The quantitative estimate of drug-likeness (QED) is 0.539. The molecular weight excluding hydrogens is 364 g/mol. The van der Waals surface area contributed by atoms with Crippen LogP contribution in [0.1, 0.15) is 24.2 Å². The zero-order valence-electron chi connectivity index (χ0n) is 14.0. The molecule has 0 saturated heterocycles. The van der Waals surface area contributed by atoms with E-state index in [9.17, 15) is 17.2 Å². The molecule has 8 heteroatoms. The van der Waals surface area contributed by atoms with Crippen LogP contribution in [0.3, 0.4) is 0 Å². The van der Waals surface area contributed by atoms with E-state index in [1.165, 1.54) is 37.4 Å². The van der Waals surface area contributed by atoms with Crippen molar-refractivity contribution < 1.29 is 26.1 Å². The van der Waals surface area contributed by atoms with Gasteiger partial charge in [0.1, 0.15) is 6.10 Å². The standard InChI is InChI=1S/C17H20O6S2/c1-12-7-9-16(10-8-12)25(20,21)23-17(13(2)22-3)14-5-4-6-15(11-14)24(18)19/h4-11,13,17H,1-3H3,(H,18,19)/p-1.